The Balaban J connectivity index is 0.000000171. The molecule has 0 unspecified atom stereocenters. The second-order valence-corrected chi connectivity index (χ2v) is 5.14. The van der Waals surface area contributed by atoms with E-state index >= 15 is 0 Å². The van der Waals surface area contributed by atoms with E-state index in [4.69, 9.17) is 0 Å². The van der Waals surface area contributed by atoms with Crippen LogP contribution in [0.15, 0.2) is 46.3 Å². The van der Waals surface area contributed by atoms with E-state index in [1.807, 2.05) is 13.8 Å². The van der Waals surface area contributed by atoms with Crippen molar-refractivity contribution < 1.29 is 4.39 Å². The van der Waals surface area contributed by atoms with Crippen LogP contribution in [-0.2, 0) is 0 Å². The topological polar surface area (TPSA) is 0 Å². The van der Waals surface area contributed by atoms with Crippen molar-refractivity contribution in [3.63, 3.8) is 0 Å². The molecule has 0 aromatic rings. The Morgan fingerprint density at radius 3 is 1.59 bits per heavy atom. The second-order valence-electron chi connectivity index (χ2n) is 5.14. The molecule has 0 saturated carbocycles. The van der Waals surface area contributed by atoms with Gasteiger partial charge in [-0.05, 0) is 65.0 Å². The predicted octanol–water partition coefficient (Wildman–Crippen LogP) is 5.64. The van der Waals surface area contributed by atoms with E-state index in [2.05, 4.69) is 26.0 Å². The lowest BCUT2D eigenvalue weighted by Crippen LogP contribution is -1.90. The van der Waals surface area contributed by atoms with Gasteiger partial charge in [-0.25, -0.2) is 4.39 Å². The molecule has 0 nitrogen and oxygen atoms in total. The average Bonchev–Trinajstić information content (AvgIpc) is 2.29. The second kappa shape index (κ2) is 6.58. The fourth-order valence-corrected chi connectivity index (χ4v) is 1.76. The highest BCUT2D eigenvalue weighted by molar-refractivity contribution is 5.26. The molecule has 0 N–H and O–H groups in total. The van der Waals surface area contributed by atoms with Gasteiger partial charge in [0.15, 0.2) is 0 Å². The maximum atomic E-state index is 12.6. The summed E-state index contributed by atoms with van der Waals surface area (Å²) in [6.45, 7) is 8.18. The van der Waals surface area contributed by atoms with Crippen LogP contribution in [0.3, 0.4) is 0 Å². The standard InChI is InChI=1S/C8H11F.C8H12/c1-6-3-4-7(2)8(9)5-6;1-7-3-5-8(2)6-4-7/h5H,3-4H2,1-2H3;3,5H,4,6H2,1-2H3. The maximum absolute atomic E-state index is 12.6. The van der Waals surface area contributed by atoms with Crippen LogP contribution in [-0.4, -0.2) is 0 Å². The number of halogens is 1. The van der Waals surface area contributed by atoms with E-state index in [9.17, 15) is 4.39 Å². The van der Waals surface area contributed by atoms with Crippen molar-refractivity contribution in [1.29, 1.82) is 0 Å². The summed E-state index contributed by atoms with van der Waals surface area (Å²) in [5, 5.41) is 0. The molecule has 0 atom stereocenters. The Hall–Kier alpha value is -1.11. The summed E-state index contributed by atoms with van der Waals surface area (Å²) in [6, 6.07) is 0. The third-order valence-electron chi connectivity index (χ3n) is 3.24. The molecule has 94 valence electrons. The van der Waals surface area contributed by atoms with Gasteiger partial charge < -0.3 is 0 Å². The van der Waals surface area contributed by atoms with Gasteiger partial charge >= 0.3 is 0 Å². The molecule has 0 aliphatic heterocycles. The summed E-state index contributed by atoms with van der Waals surface area (Å²) in [5.74, 6) is -0.0289. The van der Waals surface area contributed by atoms with E-state index in [-0.39, 0.29) is 5.83 Å². The van der Waals surface area contributed by atoms with Crippen LogP contribution >= 0.6 is 0 Å². The summed E-state index contributed by atoms with van der Waals surface area (Å²) >= 11 is 0. The van der Waals surface area contributed by atoms with Crippen molar-refractivity contribution >= 4 is 0 Å². The molecule has 0 aromatic carbocycles. The summed E-state index contributed by atoms with van der Waals surface area (Å²) < 4.78 is 12.6. The highest BCUT2D eigenvalue weighted by Gasteiger charge is 2.05. The lowest BCUT2D eigenvalue weighted by Gasteiger charge is -2.08. The SMILES string of the molecule is CC1=CC(F)=C(C)CC1.CC1=CC=C(C)CC1. The molecule has 17 heavy (non-hydrogen) atoms. The van der Waals surface area contributed by atoms with Crippen molar-refractivity contribution in [2.75, 3.05) is 0 Å². The molecular formula is C16H23F. The first-order valence-corrected chi connectivity index (χ1v) is 6.34. The molecule has 0 heterocycles. The largest absolute Gasteiger partial charge is 0.207 e. The lowest BCUT2D eigenvalue weighted by atomic mass is 10.0. The molecule has 0 bridgehead atoms. The quantitative estimate of drug-likeness (QED) is 0.508. The Morgan fingerprint density at radius 1 is 0.765 bits per heavy atom. The minimum atomic E-state index is -0.0289. The van der Waals surface area contributed by atoms with Crippen LogP contribution in [0, 0.1) is 0 Å². The zero-order valence-electron chi connectivity index (χ0n) is 11.4. The van der Waals surface area contributed by atoms with Crippen molar-refractivity contribution in [3.8, 4) is 0 Å². The van der Waals surface area contributed by atoms with Gasteiger partial charge in [-0.15, -0.1) is 0 Å². The van der Waals surface area contributed by atoms with E-state index < -0.39 is 0 Å². The Labute approximate surface area is 105 Å². The van der Waals surface area contributed by atoms with E-state index in [0.717, 1.165) is 24.0 Å². The molecule has 0 amide bonds. The van der Waals surface area contributed by atoms with Crippen LogP contribution in [0.5, 0.6) is 0 Å². The van der Waals surface area contributed by atoms with Crippen molar-refractivity contribution in [2.45, 2.75) is 53.4 Å². The fourth-order valence-electron chi connectivity index (χ4n) is 1.76. The Morgan fingerprint density at radius 2 is 1.24 bits per heavy atom. The molecular weight excluding hydrogens is 211 g/mol. The van der Waals surface area contributed by atoms with Gasteiger partial charge in [0, 0.05) is 0 Å². The first-order chi connectivity index (χ1) is 7.99. The van der Waals surface area contributed by atoms with E-state index in [0.29, 0.717) is 0 Å². The molecule has 0 saturated heterocycles. The van der Waals surface area contributed by atoms with Gasteiger partial charge in [0.1, 0.15) is 5.83 Å². The third-order valence-corrected chi connectivity index (χ3v) is 3.24. The molecule has 0 spiro atoms. The van der Waals surface area contributed by atoms with Crippen molar-refractivity contribution in [1.82, 2.24) is 0 Å². The van der Waals surface area contributed by atoms with E-state index in [1.54, 1.807) is 6.08 Å². The Bertz CT molecular complexity index is 374. The fraction of sp³-hybridized carbons (Fsp3) is 0.500. The number of hydrogen-bond acceptors (Lipinski definition) is 0. The third kappa shape index (κ3) is 5.16. The highest BCUT2D eigenvalue weighted by atomic mass is 19.1. The summed E-state index contributed by atoms with van der Waals surface area (Å²) in [5.41, 5.74) is 5.06. The summed E-state index contributed by atoms with van der Waals surface area (Å²) in [6.07, 6.45) is 10.5. The minimum Gasteiger partial charge on any atom is -0.207 e. The van der Waals surface area contributed by atoms with Gasteiger partial charge in [-0.2, -0.15) is 0 Å². The first kappa shape index (κ1) is 14.0. The van der Waals surface area contributed by atoms with Gasteiger partial charge in [0.25, 0.3) is 0 Å². The smallest absolute Gasteiger partial charge is 0.122 e. The van der Waals surface area contributed by atoms with Crippen LogP contribution in [0.1, 0.15) is 53.4 Å². The van der Waals surface area contributed by atoms with Crippen LogP contribution in [0.25, 0.3) is 0 Å². The van der Waals surface area contributed by atoms with Crippen LogP contribution in [0.2, 0.25) is 0 Å². The van der Waals surface area contributed by atoms with Gasteiger partial charge in [0.05, 0.1) is 0 Å². The lowest BCUT2D eigenvalue weighted by molar-refractivity contribution is 0.630. The summed E-state index contributed by atoms with van der Waals surface area (Å²) in [4.78, 5) is 0. The zero-order valence-corrected chi connectivity index (χ0v) is 11.4. The minimum absolute atomic E-state index is 0.0289. The predicted molar refractivity (Wildman–Crippen MR) is 73.5 cm³/mol. The summed E-state index contributed by atoms with van der Waals surface area (Å²) in [7, 11) is 0. The highest BCUT2D eigenvalue weighted by Crippen LogP contribution is 2.23. The molecule has 2 rings (SSSR count). The normalized spacial score (nSPS) is 19.9. The molecule has 0 radical (unpaired) electrons. The first-order valence-electron chi connectivity index (χ1n) is 6.34. The zero-order chi connectivity index (χ0) is 12.8. The molecule has 0 fully saturated rings. The van der Waals surface area contributed by atoms with Gasteiger partial charge in [-0.3, -0.25) is 0 Å². The number of rotatable bonds is 0. The molecule has 1 heteroatoms. The van der Waals surface area contributed by atoms with Crippen molar-refractivity contribution in [2.24, 2.45) is 0 Å². The van der Waals surface area contributed by atoms with Crippen LogP contribution < -0.4 is 0 Å². The van der Waals surface area contributed by atoms with Gasteiger partial charge in [0.2, 0.25) is 0 Å². The molecule has 2 aliphatic rings. The molecule has 2 aliphatic carbocycles. The Kier molecular flexibility index (Phi) is 5.40. The number of hydrogen-bond donors (Lipinski definition) is 0. The number of allylic oxidation sites excluding steroid dienone is 8. The average molecular weight is 234 g/mol. The monoisotopic (exact) mass is 234 g/mol. The van der Waals surface area contributed by atoms with Gasteiger partial charge in [-0.1, -0.05) is 28.9 Å². The van der Waals surface area contributed by atoms with Crippen molar-refractivity contribution in [3.05, 3.63) is 46.3 Å². The maximum Gasteiger partial charge on any atom is 0.122 e. The van der Waals surface area contributed by atoms with Crippen LogP contribution in [0.4, 0.5) is 4.39 Å². The molecule has 0 aromatic heterocycles. The van der Waals surface area contributed by atoms with E-state index in [1.165, 1.54) is 24.0 Å².